The Balaban J connectivity index is 1.56. The second kappa shape index (κ2) is 10.3. The summed E-state index contributed by atoms with van der Waals surface area (Å²) < 4.78 is 0. The number of aromatic nitrogens is 2. The maximum Gasteiger partial charge on any atom is 0.232 e. The van der Waals surface area contributed by atoms with Gasteiger partial charge in [0.1, 0.15) is 5.51 Å². The molecule has 0 aliphatic heterocycles. The summed E-state index contributed by atoms with van der Waals surface area (Å²) in [5.74, 6) is 0.509. The zero-order valence-electron chi connectivity index (χ0n) is 20.2. The Bertz CT molecular complexity index is 1200. The van der Waals surface area contributed by atoms with Crippen molar-refractivity contribution in [2.45, 2.75) is 40.0 Å². The third kappa shape index (κ3) is 5.42. The second-order valence-corrected chi connectivity index (χ2v) is 10.5. The van der Waals surface area contributed by atoms with Gasteiger partial charge in [-0.1, -0.05) is 118 Å². The highest BCUT2D eigenvalue weighted by molar-refractivity contribution is 7.13. The van der Waals surface area contributed by atoms with Crippen LogP contribution in [0.1, 0.15) is 45.6 Å². The highest BCUT2D eigenvalue weighted by Gasteiger charge is 2.38. The van der Waals surface area contributed by atoms with Crippen molar-refractivity contribution in [2.75, 3.05) is 5.32 Å². The summed E-state index contributed by atoms with van der Waals surface area (Å²) in [6.07, 6.45) is 0.918. The first-order valence-electron chi connectivity index (χ1n) is 11.7. The molecule has 3 aromatic carbocycles. The number of carbonyl (C=O) groups excluding carboxylic acids is 1. The standard InChI is InChI=1S/C29H31N3OS/c1-20(2)18-26(29(3,4)27(33)31-28-32-30-19-34-28)25-16-14-24(15-17-25)23-12-10-22(11-13-23)21-8-6-5-7-9-21/h5-17,19-20,26H,18H2,1-4H3,(H,31,32,33). The van der Waals surface area contributed by atoms with Crippen molar-refractivity contribution in [3.63, 3.8) is 0 Å². The van der Waals surface area contributed by atoms with Crippen molar-refractivity contribution < 1.29 is 4.79 Å². The zero-order valence-corrected chi connectivity index (χ0v) is 21.0. The number of nitrogens with one attached hydrogen (secondary N) is 1. The number of benzene rings is 3. The molecule has 1 aromatic heterocycles. The first-order valence-corrected chi connectivity index (χ1v) is 12.6. The van der Waals surface area contributed by atoms with E-state index in [-0.39, 0.29) is 11.8 Å². The van der Waals surface area contributed by atoms with Crippen molar-refractivity contribution in [1.82, 2.24) is 10.2 Å². The highest BCUT2D eigenvalue weighted by atomic mass is 32.1. The molecule has 1 amide bonds. The van der Waals surface area contributed by atoms with E-state index >= 15 is 0 Å². The number of rotatable bonds is 8. The third-order valence-electron chi connectivity index (χ3n) is 6.38. The minimum atomic E-state index is -0.602. The van der Waals surface area contributed by atoms with Crippen LogP contribution in [0.3, 0.4) is 0 Å². The van der Waals surface area contributed by atoms with E-state index < -0.39 is 5.41 Å². The van der Waals surface area contributed by atoms with Crippen LogP contribution in [0.2, 0.25) is 0 Å². The molecular weight excluding hydrogens is 438 g/mol. The Labute approximate surface area is 206 Å². The Morgan fingerprint density at radius 1 is 0.853 bits per heavy atom. The summed E-state index contributed by atoms with van der Waals surface area (Å²) in [6.45, 7) is 8.45. The van der Waals surface area contributed by atoms with Gasteiger partial charge < -0.3 is 5.32 Å². The first kappa shape index (κ1) is 23.8. The molecule has 0 saturated carbocycles. The molecule has 4 aromatic rings. The van der Waals surface area contributed by atoms with E-state index in [4.69, 9.17) is 0 Å². The van der Waals surface area contributed by atoms with Crippen LogP contribution in [0.5, 0.6) is 0 Å². The normalized spacial score (nSPS) is 12.5. The highest BCUT2D eigenvalue weighted by Crippen LogP contribution is 2.41. The van der Waals surface area contributed by atoms with E-state index in [9.17, 15) is 4.79 Å². The Morgan fingerprint density at radius 3 is 1.88 bits per heavy atom. The fourth-order valence-corrected chi connectivity index (χ4v) is 4.80. The quantitative estimate of drug-likeness (QED) is 0.288. The van der Waals surface area contributed by atoms with Gasteiger partial charge in [-0.25, -0.2) is 0 Å². The molecule has 0 bridgehead atoms. The van der Waals surface area contributed by atoms with Crippen molar-refractivity contribution in [1.29, 1.82) is 0 Å². The van der Waals surface area contributed by atoms with Gasteiger partial charge in [-0.2, -0.15) is 0 Å². The van der Waals surface area contributed by atoms with Gasteiger partial charge >= 0.3 is 0 Å². The Hall–Kier alpha value is -3.31. The van der Waals surface area contributed by atoms with E-state index in [0.717, 1.165) is 6.42 Å². The SMILES string of the molecule is CC(C)CC(c1ccc(-c2ccc(-c3ccccc3)cc2)cc1)C(C)(C)C(=O)Nc1nncs1. The topological polar surface area (TPSA) is 54.9 Å². The molecule has 5 heteroatoms. The van der Waals surface area contributed by atoms with Crippen molar-refractivity contribution in [2.24, 2.45) is 11.3 Å². The van der Waals surface area contributed by atoms with Crippen LogP contribution in [0.4, 0.5) is 5.13 Å². The molecule has 4 rings (SSSR count). The molecule has 0 radical (unpaired) electrons. The summed E-state index contributed by atoms with van der Waals surface area (Å²) in [7, 11) is 0. The van der Waals surface area contributed by atoms with E-state index in [2.05, 4.69) is 102 Å². The van der Waals surface area contributed by atoms with Gasteiger partial charge in [0.05, 0.1) is 5.41 Å². The molecular formula is C29H31N3OS. The van der Waals surface area contributed by atoms with Crippen LogP contribution >= 0.6 is 11.3 Å². The predicted octanol–water partition coefficient (Wildman–Crippen LogP) is 7.67. The monoisotopic (exact) mass is 469 g/mol. The van der Waals surface area contributed by atoms with Crippen LogP contribution < -0.4 is 5.32 Å². The van der Waals surface area contributed by atoms with E-state index in [1.54, 1.807) is 5.51 Å². The number of amides is 1. The van der Waals surface area contributed by atoms with Crippen molar-refractivity contribution in [3.8, 4) is 22.3 Å². The summed E-state index contributed by atoms with van der Waals surface area (Å²) in [5, 5.41) is 11.3. The predicted molar refractivity (Wildman–Crippen MR) is 142 cm³/mol. The van der Waals surface area contributed by atoms with Gasteiger partial charge in [0.15, 0.2) is 0 Å². The first-order chi connectivity index (χ1) is 16.3. The minimum absolute atomic E-state index is 0.0320. The molecule has 0 fully saturated rings. The number of anilines is 1. The van der Waals surface area contributed by atoms with Crippen molar-refractivity contribution >= 4 is 22.4 Å². The number of hydrogen-bond donors (Lipinski definition) is 1. The lowest BCUT2D eigenvalue weighted by Crippen LogP contribution is -2.37. The second-order valence-electron chi connectivity index (χ2n) is 9.67. The van der Waals surface area contributed by atoms with Gasteiger partial charge in [0.25, 0.3) is 0 Å². The molecule has 0 aliphatic carbocycles. The lowest BCUT2D eigenvalue weighted by atomic mass is 9.70. The smallest absolute Gasteiger partial charge is 0.232 e. The van der Waals surface area contributed by atoms with Gasteiger partial charge in [0.2, 0.25) is 11.0 Å². The van der Waals surface area contributed by atoms with Crippen LogP contribution in [0.25, 0.3) is 22.3 Å². The number of carbonyl (C=O) groups is 1. The van der Waals surface area contributed by atoms with E-state index in [0.29, 0.717) is 11.0 Å². The fourth-order valence-electron chi connectivity index (χ4n) is 4.36. The van der Waals surface area contributed by atoms with Crippen molar-refractivity contribution in [3.05, 3.63) is 89.9 Å². The molecule has 1 heterocycles. The molecule has 34 heavy (non-hydrogen) atoms. The molecule has 1 N–H and O–H groups in total. The van der Waals surface area contributed by atoms with Gasteiger partial charge in [-0.3, -0.25) is 4.79 Å². The Morgan fingerprint density at radius 2 is 1.38 bits per heavy atom. The maximum absolute atomic E-state index is 13.2. The minimum Gasteiger partial charge on any atom is -0.300 e. The van der Waals surface area contributed by atoms with E-state index in [1.807, 2.05) is 19.9 Å². The van der Waals surface area contributed by atoms with Crippen LogP contribution in [0.15, 0.2) is 84.4 Å². The van der Waals surface area contributed by atoms with Gasteiger partial charge in [0, 0.05) is 0 Å². The van der Waals surface area contributed by atoms with Crippen LogP contribution in [-0.4, -0.2) is 16.1 Å². The summed E-state index contributed by atoms with van der Waals surface area (Å²) in [4.78, 5) is 13.2. The molecule has 174 valence electrons. The molecule has 0 saturated heterocycles. The van der Waals surface area contributed by atoms with Gasteiger partial charge in [-0.15, -0.1) is 10.2 Å². The molecule has 1 atom stereocenters. The molecule has 1 unspecified atom stereocenters. The molecule has 0 spiro atoms. The largest absolute Gasteiger partial charge is 0.300 e. The Kier molecular flexibility index (Phi) is 7.23. The lowest BCUT2D eigenvalue weighted by Gasteiger charge is -2.34. The zero-order chi connectivity index (χ0) is 24.1. The average molecular weight is 470 g/mol. The number of nitrogens with zero attached hydrogens (tertiary/aromatic N) is 2. The van der Waals surface area contributed by atoms with E-state index in [1.165, 1.54) is 39.2 Å². The summed E-state index contributed by atoms with van der Waals surface area (Å²) in [6, 6.07) is 27.8. The fraction of sp³-hybridized carbons (Fsp3) is 0.276. The average Bonchev–Trinajstić information content (AvgIpc) is 3.36. The number of hydrogen-bond acceptors (Lipinski definition) is 4. The molecule has 0 aliphatic rings. The van der Waals surface area contributed by atoms with Gasteiger partial charge in [-0.05, 0) is 46.1 Å². The van der Waals surface area contributed by atoms with Crippen LogP contribution in [0, 0.1) is 11.3 Å². The lowest BCUT2D eigenvalue weighted by molar-refractivity contribution is -0.125. The molecule has 4 nitrogen and oxygen atoms in total. The summed E-state index contributed by atoms with van der Waals surface area (Å²) in [5.41, 5.74) is 6.98. The third-order valence-corrected chi connectivity index (χ3v) is 6.99. The summed E-state index contributed by atoms with van der Waals surface area (Å²) >= 11 is 1.33. The van der Waals surface area contributed by atoms with Crippen LogP contribution in [-0.2, 0) is 4.79 Å². The maximum atomic E-state index is 13.2.